The van der Waals surface area contributed by atoms with Gasteiger partial charge in [-0.3, -0.25) is 4.79 Å². The molecule has 6 nitrogen and oxygen atoms in total. The lowest BCUT2D eigenvalue weighted by Crippen LogP contribution is -2.11. The summed E-state index contributed by atoms with van der Waals surface area (Å²) in [5.41, 5.74) is 1.05. The van der Waals surface area contributed by atoms with E-state index in [-0.39, 0.29) is 17.1 Å². The molecule has 3 aromatic rings. The first kappa shape index (κ1) is 19.3. The zero-order valence-electron chi connectivity index (χ0n) is 14.0. The van der Waals surface area contributed by atoms with E-state index in [2.05, 4.69) is 15.3 Å². The van der Waals surface area contributed by atoms with Gasteiger partial charge in [-0.25, -0.2) is 13.4 Å². The van der Waals surface area contributed by atoms with Crippen LogP contribution in [-0.4, -0.2) is 30.9 Å². The second-order valence-electron chi connectivity index (χ2n) is 5.59. The summed E-state index contributed by atoms with van der Waals surface area (Å²) < 4.78 is 24.1. The number of rotatable bonds is 5. The van der Waals surface area contributed by atoms with Gasteiger partial charge in [-0.1, -0.05) is 53.5 Å². The SMILES string of the molecule is CS(=O)(=O)c1nc(Nc2ccccc2Cl)c(C=O)c(-c2ccccc2Cl)n1. The number of aldehydes is 1. The molecule has 0 atom stereocenters. The molecular formula is C18H13Cl2N3O3S. The molecule has 0 saturated carbocycles. The molecule has 0 fully saturated rings. The first-order valence-corrected chi connectivity index (χ1v) is 10.3. The first-order chi connectivity index (χ1) is 12.8. The van der Waals surface area contributed by atoms with Gasteiger partial charge in [-0.15, -0.1) is 0 Å². The molecule has 0 aliphatic rings. The molecule has 0 saturated heterocycles. The van der Waals surface area contributed by atoms with Gasteiger partial charge < -0.3 is 5.32 Å². The van der Waals surface area contributed by atoms with Crippen LogP contribution in [-0.2, 0) is 9.84 Å². The van der Waals surface area contributed by atoms with Crippen molar-refractivity contribution in [2.24, 2.45) is 0 Å². The number of nitrogens with zero attached hydrogens (tertiary/aromatic N) is 2. The molecular weight excluding hydrogens is 409 g/mol. The van der Waals surface area contributed by atoms with Gasteiger partial charge in [0.1, 0.15) is 5.82 Å². The summed E-state index contributed by atoms with van der Waals surface area (Å²) in [6.45, 7) is 0. The molecule has 0 aliphatic carbocycles. The third-order valence-corrected chi connectivity index (χ3v) is 5.14. The van der Waals surface area contributed by atoms with Crippen LogP contribution in [0.1, 0.15) is 10.4 Å². The predicted octanol–water partition coefficient (Wildman–Crippen LogP) is 4.41. The fraction of sp³-hybridized carbons (Fsp3) is 0.0556. The van der Waals surface area contributed by atoms with E-state index in [1.807, 2.05) is 0 Å². The summed E-state index contributed by atoms with van der Waals surface area (Å²) in [7, 11) is -3.75. The van der Waals surface area contributed by atoms with Crippen LogP contribution in [0.25, 0.3) is 11.3 Å². The van der Waals surface area contributed by atoms with Gasteiger partial charge >= 0.3 is 0 Å². The number of sulfone groups is 1. The second-order valence-corrected chi connectivity index (χ2v) is 8.32. The highest BCUT2D eigenvalue weighted by Gasteiger charge is 2.22. The van der Waals surface area contributed by atoms with Crippen molar-refractivity contribution in [1.82, 2.24) is 9.97 Å². The summed E-state index contributed by atoms with van der Waals surface area (Å²) in [6, 6.07) is 13.5. The minimum atomic E-state index is -3.75. The molecule has 0 spiro atoms. The fourth-order valence-electron chi connectivity index (χ4n) is 2.37. The number of para-hydroxylation sites is 1. The van der Waals surface area contributed by atoms with Gasteiger partial charge in [0, 0.05) is 16.8 Å². The predicted molar refractivity (Wildman–Crippen MR) is 106 cm³/mol. The molecule has 138 valence electrons. The summed E-state index contributed by atoms with van der Waals surface area (Å²) in [5.74, 6) is 0.0171. The molecule has 0 aliphatic heterocycles. The normalized spacial score (nSPS) is 11.2. The van der Waals surface area contributed by atoms with Gasteiger partial charge in [-0.05, 0) is 18.2 Å². The van der Waals surface area contributed by atoms with Gasteiger partial charge in [0.05, 0.1) is 22.0 Å². The summed E-state index contributed by atoms with van der Waals surface area (Å²) in [5, 5.41) is 3.18. The smallest absolute Gasteiger partial charge is 0.249 e. The molecule has 0 unspecified atom stereocenters. The molecule has 0 amide bonds. The van der Waals surface area contributed by atoms with E-state index in [1.54, 1.807) is 48.5 Å². The lowest BCUT2D eigenvalue weighted by molar-refractivity contribution is 0.112. The van der Waals surface area contributed by atoms with E-state index < -0.39 is 15.0 Å². The van der Waals surface area contributed by atoms with Crippen LogP contribution in [0.3, 0.4) is 0 Å². The number of carbonyl (C=O) groups is 1. The van der Waals surface area contributed by atoms with Gasteiger partial charge in [0.25, 0.3) is 0 Å². The Morgan fingerprint density at radius 1 is 0.963 bits per heavy atom. The minimum Gasteiger partial charge on any atom is -0.338 e. The lowest BCUT2D eigenvalue weighted by Gasteiger charge is -2.14. The van der Waals surface area contributed by atoms with Crippen molar-refractivity contribution in [3.63, 3.8) is 0 Å². The van der Waals surface area contributed by atoms with E-state index >= 15 is 0 Å². The third-order valence-electron chi connectivity index (χ3n) is 3.63. The Balaban J connectivity index is 2.29. The number of anilines is 2. The molecule has 1 aromatic heterocycles. The Morgan fingerprint density at radius 2 is 1.59 bits per heavy atom. The van der Waals surface area contributed by atoms with Crippen LogP contribution < -0.4 is 5.32 Å². The van der Waals surface area contributed by atoms with Crippen molar-refractivity contribution < 1.29 is 13.2 Å². The second kappa shape index (κ2) is 7.64. The van der Waals surface area contributed by atoms with E-state index in [0.29, 0.717) is 27.6 Å². The number of hydrogen-bond donors (Lipinski definition) is 1. The molecule has 2 aromatic carbocycles. The number of aromatic nitrogens is 2. The van der Waals surface area contributed by atoms with Crippen molar-refractivity contribution in [1.29, 1.82) is 0 Å². The number of nitrogens with one attached hydrogen (secondary N) is 1. The summed E-state index contributed by atoms with van der Waals surface area (Å²) in [6.07, 6.45) is 1.53. The van der Waals surface area contributed by atoms with E-state index in [4.69, 9.17) is 23.2 Å². The van der Waals surface area contributed by atoms with Crippen LogP contribution >= 0.6 is 23.2 Å². The van der Waals surface area contributed by atoms with E-state index in [1.165, 1.54) is 0 Å². The largest absolute Gasteiger partial charge is 0.338 e. The van der Waals surface area contributed by atoms with Crippen LogP contribution in [0.2, 0.25) is 10.0 Å². The maximum absolute atomic E-state index is 12.1. The molecule has 0 bridgehead atoms. The zero-order valence-corrected chi connectivity index (χ0v) is 16.3. The molecule has 1 heterocycles. The maximum Gasteiger partial charge on any atom is 0.249 e. The Hall–Kier alpha value is -2.48. The molecule has 0 radical (unpaired) electrons. The quantitative estimate of drug-likeness (QED) is 0.484. The molecule has 3 rings (SSSR count). The average molecular weight is 422 g/mol. The zero-order chi connectivity index (χ0) is 19.6. The van der Waals surface area contributed by atoms with Crippen molar-refractivity contribution >= 4 is 50.8 Å². The Kier molecular flexibility index (Phi) is 5.46. The number of benzene rings is 2. The Labute approximate surface area is 166 Å². The molecule has 27 heavy (non-hydrogen) atoms. The van der Waals surface area contributed by atoms with Gasteiger partial charge in [0.15, 0.2) is 6.29 Å². The highest BCUT2D eigenvalue weighted by atomic mass is 35.5. The van der Waals surface area contributed by atoms with Crippen LogP contribution in [0, 0.1) is 0 Å². The lowest BCUT2D eigenvalue weighted by atomic mass is 10.1. The number of carbonyl (C=O) groups excluding carboxylic acids is 1. The maximum atomic E-state index is 12.1. The van der Waals surface area contributed by atoms with Gasteiger partial charge in [0.2, 0.25) is 15.0 Å². The Bertz CT molecular complexity index is 1130. The average Bonchev–Trinajstić information content (AvgIpc) is 2.62. The summed E-state index contributed by atoms with van der Waals surface area (Å²) >= 11 is 12.4. The van der Waals surface area contributed by atoms with E-state index in [0.717, 1.165) is 6.26 Å². The summed E-state index contributed by atoms with van der Waals surface area (Å²) in [4.78, 5) is 19.9. The monoisotopic (exact) mass is 421 g/mol. The van der Waals surface area contributed by atoms with Crippen molar-refractivity contribution in [3.05, 3.63) is 64.1 Å². The first-order valence-electron chi connectivity index (χ1n) is 7.65. The highest BCUT2D eigenvalue weighted by Crippen LogP contribution is 2.33. The molecule has 1 N–H and O–H groups in total. The Morgan fingerprint density at radius 3 is 2.19 bits per heavy atom. The number of halogens is 2. The van der Waals surface area contributed by atoms with Crippen LogP contribution in [0.15, 0.2) is 53.7 Å². The minimum absolute atomic E-state index is 0.0171. The molecule has 9 heteroatoms. The highest BCUT2D eigenvalue weighted by molar-refractivity contribution is 7.90. The van der Waals surface area contributed by atoms with Crippen LogP contribution in [0.5, 0.6) is 0 Å². The van der Waals surface area contributed by atoms with Crippen LogP contribution in [0.4, 0.5) is 11.5 Å². The third kappa shape index (κ3) is 4.10. The number of hydrogen-bond acceptors (Lipinski definition) is 6. The van der Waals surface area contributed by atoms with E-state index in [9.17, 15) is 13.2 Å². The van der Waals surface area contributed by atoms with Crippen molar-refractivity contribution in [3.8, 4) is 11.3 Å². The van der Waals surface area contributed by atoms with Gasteiger partial charge in [-0.2, -0.15) is 4.98 Å². The topological polar surface area (TPSA) is 89.0 Å². The fourth-order valence-corrected chi connectivity index (χ4v) is 3.29. The van der Waals surface area contributed by atoms with Crippen molar-refractivity contribution in [2.45, 2.75) is 5.16 Å². The van der Waals surface area contributed by atoms with Crippen molar-refractivity contribution in [2.75, 3.05) is 11.6 Å². The standard InChI is InChI=1S/C18H13Cl2N3O3S/c1-27(25,26)18-22-16(11-6-2-3-7-13(11)19)12(10-24)17(23-18)21-15-9-5-4-8-14(15)20/h2-10H,1H3,(H,21,22,23).